The van der Waals surface area contributed by atoms with Gasteiger partial charge in [-0.1, -0.05) is 18.2 Å². The molecule has 0 spiro atoms. The maximum atomic E-state index is 13.3. The highest BCUT2D eigenvalue weighted by molar-refractivity contribution is 6.12. The fourth-order valence-electron chi connectivity index (χ4n) is 3.90. The number of nitrogens with one attached hydrogen (secondary N) is 1. The number of pyridine rings is 1. The van der Waals surface area contributed by atoms with Crippen LogP contribution in [0.2, 0.25) is 0 Å². The quantitative estimate of drug-likeness (QED) is 0.539. The average Bonchev–Trinajstić information content (AvgIpc) is 3.47. The second-order valence-electron chi connectivity index (χ2n) is 7.84. The topological polar surface area (TPSA) is 77.6 Å². The number of rotatable bonds is 5. The van der Waals surface area contributed by atoms with Gasteiger partial charge >= 0.3 is 0 Å². The van der Waals surface area contributed by atoms with Crippen molar-refractivity contribution in [1.29, 1.82) is 0 Å². The van der Waals surface area contributed by atoms with E-state index in [0.717, 1.165) is 53.2 Å². The SMILES string of the molecule is CCn1nc(NC(=O)c2cc(C3CC3)nc3c2c(C)nn3-c2ccccc2)cc1C. The summed E-state index contributed by atoms with van der Waals surface area (Å²) >= 11 is 0. The smallest absolute Gasteiger partial charge is 0.257 e. The molecule has 3 aromatic heterocycles. The number of amides is 1. The van der Waals surface area contributed by atoms with Crippen molar-refractivity contribution < 1.29 is 4.79 Å². The van der Waals surface area contributed by atoms with E-state index in [4.69, 9.17) is 10.1 Å². The monoisotopic (exact) mass is 400 g/mol. The van der Waals surface area contributed by atoms with E-state index >= 15 is 0 Å². The number of para-hydroxylation sites is 1. The second-order valence-corrected chi connectivity index (χ2v) is 7.84. The molecular formula is C23H24N6O. The van der Waals surface area contributed by atoms with E-state index in [9.17, 15) is 4.79 Å². The van der Waals surface area contributed by atoms with Crippen LogP contribution >= 0.6 is 0 Å². The molecule has 1 aliphatic carbocycles. The van der Waals surface area contributed by atoms with Crippen LogP contribution in [-0.4, -0.2) is 30.5 Å². The first kappa shape index (κ1) is 18.5. The summed E-state index contributed by atoms with van der Waals surface area (Å²) < 4.78 is 3.70. The highest BCUT2D eigenvalue weighted by atomic mass is 16.1. The van der Waals surface area contributed by atoms with Gasteiger partial charge in [0.15, 0.2) is 11.5 Å². The van der Waals surface area contributed by atoms with Gasteiger partial charge in [-0.05, 0) is 51.8 Å². The maximum absolute atomic E-state index is 13.3. The van der Waals surface area contributed by atoms with Crippen LogP contribution in [0.15, 0.2) is 42.5 Å². The zero-order valence-corrected chi connectivity index (χ0v) is 17.4. The molecule has 0 radical (unpaired) electrons. The van der Waals surface area contributed by atoms with Gasteiger partial charge in [0.05, 0.1) is 22.3 Å². The molecule has 1 N–H and O–H groups in total. The molecule has 1 amide bonds. The average molecular weight is 400 g/mol. The van der Waals surface area contributed by atoms with Crippen molar-refractivity contribution in [2.45, 2.75) is 46.1 Å². The molecule has 3 heterocycles. The first-order valence-electron chi connectivity index (χ1n) is 10.4. The van der Waals surface area contributed by atoms with E-state index in [-0.39, 0.29) is 5.91 Å². The molecule has 5 rings (SSSR count). The molecule has 4 aromatic rings. The zero-order chi connectivity index (χ0) is 20.8. The van der Waals surface area contributed by atoms with Crippen molar-refractivity contribution in [2.24, 2.45) is 0 Å². The third-order valence-electron chi connectivity index (χ3n) is 5.60. The van der Waals surface area contributed by atoms with Gasteiger partial charge in [0, 0.05) is 29.9 Å². The van der Waals surface area contributed by atoms with Gasteiger partial charge in [-0.3, -0.25) is 9.48 Å². The third-order valence-corrected chi connectivity index (χ3v) is 5.60. The standard InChI is InChI=1S/C23H24N6O/c1-4-28-14(2)12-20(27-28)25-23(30)18-13-19(16-10-11-16)24-22-21(18)15(3)26-29(22)17-8-6-5-7-9-17/h5-9,12-13,16H,4,10-11H2,1-3H3,(H,25,27,30). The van der Waals surface area contributed by atoms with Gasteiger partial charge in [-0.15, -0.1) is 0 Å². The number of aromatic nitrogens is 5. The highest BCUT2D eigenvalue weighted by Crippen LogP contribution is 2.40. The van der Waals surface area contributed by atoms with E-state index in [2.05, 4.69) is 10.4 Å². The summed E-state index contributed by atoms with van der Waals surface area (Å²) in [5.74, 6) is 0.799. The zero-order valence-electron chi connectivity index (χ0n) is 17.4. The highest BCUT2D eigenvalue weighted by Gasteiger charge is 2.29. The minimum atomic E-state index is -0.180. The number of carbonyl (C=O) groups is 1. The molecule has 0 saturated heterocycles. The van der Waals surface area contributed by atoms with Crippen LogP contribution in [0.5, 0.6) is 0 Å². The number of aryl methyl sites for hydroxylation is 3. The summed E-state index contributed by atoms with van der Waals surface area (Å²) in [6.07, 6.45) is 2.22. The van der Waals surface area contributed by atoms with Crippen LogP contribution < -0.4 is 5.32 Å². The number of fused-ring (bicyclic) bond motifs is 1. The van der Waals surface area contributed by atoms with E-state index in [1.165, 1.54) is 0 Å². The van der Waals surface area contributed by atoms with Crippen LogP contribution in [-0.2, 0) is 6.54 Å². The summed E-state index contributed by atoms with van der Waals surface area (Å²) in [5.41, 5.74) is 5.01. The Morgan fingerprint density at radius 2 is 1.90 bits per heavy atom. The number of benzene rings is 1. The Balaban J connectivity index is 1.63. The third kappa shape index (κ3) is 3.16. The van der Waals surface area contributed by atoms with Crippen molar-refractivity contribution in [3.63, 3.8) is 0 Å². The Bertz CT molecular complexity index is 1250. The summed E-state index contributed by atoms with van der Waals surface area (Å²) in [5, 5.41) is 12.9. The van der Waals surface area contributed by atoms with Gasteiger partial charge < -0.3 is 5.32 Å². The Hall–Kier alpha value is -3.48. The number of hydrogen-bond donors (Lipinski definition) is 1. The van der Waals surface area contributed by atoms with Crippen LogP contribution in [0.25, 0.3) is 16.7 Å². The molecule has 7 heteroatoms. The van der Waals surface area contributed by atoms with E-state index in [1.807, 2.05) is 72.6 Å². The summed E-state index contributed by atoms with van der Waals surface area (Å²) in [4.78, 5) is 18.2. The molecule has 7 nitrogen and oxygen atoms in total. The second kappa shape index (κ2) is 7.09. The van der Waals surface area contributed by atoms with Crippen molar-refractivity contribution in [1.82, 2.24) is 24.5 Å². The fourth-order valence-corrected chi connectivity index (χ4v) is 3.90. The van der Waals surface area contributed by atoms with E-state index in [1.54, 1.807) is 0 Å². The Morgan fingerprint density at radius 1 is 1.13 bits per heavy atom. The normalized spacial score (nSPS) is 13.7. The van der Waals surface area contributed by atoms with Crippen LogP contribution in [0.3, 0.4) is 0 Å². The lowest BCUT2D eigenvalue weighted by Gasteiger charge is -2.08. The van der Waals surface area contributed by atoms with Crippen molar-refractivity contribution in [3.8, 4) is 5.69 Å². The van der Waals surface area contributed by atoms with Gasteiger partial charge in [0.2, 0.25) is 0 Å². The van der Waals surface area contributed by atoms with Crippen molar-refractivity contribution in [2.75, 3.05) is 5.32 Å². The molecule has 1 aliphatic rings. The maximum Gasteiger partial charge on any atom is 0.257 e. The largest absolute Gasteiger partial charge is 0.305 e. The number of nitrogens with zero attached hydrogens (tertiary/aromatic N) is 5. The molecule has 1 fully saturated rings. The van der Waals surface area contributed by atoms with Gasteiger partial charge in [-0.25, -0.2) is 9.67 Å². The first-order valence-corrected chi connectivity index (χ1v) is 10.4. The van der Waals surface area contributed by atoms with E-state index < -0.39 is 0 Å². The predicted molar refractivity (Wildman–Crippen MR) is 116 cm³/mol. The molecular weight excluding hydrogens is 376 g/mol. The lowest BCUT2D eigenvalue weighted by atomic mass is 10.1. The Morgan fingerprint density at radius 3 is 2.57 bits per heavy atom. The minimum absolute atomic E-state index is 0.180. The van der Waals surface area contributed by atoms with Crippen LogP contribution in [0.1, 0.15) is 53.1 Å². The van der Waals surface area contributed by atoms with Gasteiger partial charge in [0.25, 0.3) is 5.91 Å². The molecule has 0 atom stereocenters. The van der Waals surface area contributed by atoms with E-state index in [0.29, 0.717) is 17.3 Å². The molecule has 0 bridgehead atoms. The van der Waals surface area contributed by atoms with Crippen molar-refractivity contribution in [3.05, 3.63) is 65.1 Å². The van der Waals surface area contributed by atoms with Crippen molar-refractivity contribution >= 4 is 22.8 Å². The van der Waals surface area contributed by atoms with Gasteiger partial charge in [0.1, 0.15) is 0 Å². The summed E-state index contributed by atoms with van der Waals surface area (Å²) in [6, 6.07) is 13.7. The first-order chi connectivity index (χ1) is 14.5. The fraction of sp³-hybridized carbons (Fsp3) is 0.304. The molecule has 1 saturated carbocycles. The molecule has 1 aromatic carbocycles. The molecule has 152 valence electrons. The lowest BCUT2D eigenvalue weighted by molar-refractivity contribution is 0.102. The number of hydrogen-bond acceptors (Lipinski definition) is 4. The Kier molecular flexibility index (Phi) is 4.38. The Labute approximate surface area is 174 Å². The summed E-state index contributed by atoms with van der Waals surface area (Å²) in [6.45, 7) is 6.69. The number of carbonyl (C=O) groups excluding carboxylic acids is 1. The molecule has 0 aliphatic heterocycles. The number of anilines is 1. The van der Waals surface area contributed by atoms with Crippen LogP contribution in [0, 0.1) is 13.8 Å². The molecule has 0 unspecified atom stereocenters. The molecule has 30 heavy (non-hydrogen) atoms. The summed E-state index contributed by atoms with van der Waals surface area (Å²) in [7, 11) is 0. The lowest BCUT2D eigenvalue weighted by Crippen LogP contribution is -2.14. The van der Waals surface area contributed by atoms with Gasteiger partial charge in [-0.2, -0.15) is 10.2 Å². The minimum Gasteiger partial charge on any atom is -0.305 e. The van der Waals surface area contributed by atoms with Crippen LogP contribution in [0.4, 0.5) is 5.82 Å². The predicted octanol–water partition coefficient (Wildman–Crippen LogP) is 4.38.